The van der Waals surface area contributed by atoms with Gasteiger partial charge >= 0.3 is 34.1 Å². The Kier molecular flexibility index (Phi) is 465. The summed E-state index contributed by atoms with van der Waals surface area (Å²) < 4.78 is 0. The molecular weight excluding hydrogens is 430 g/mol. The summed E-state index contributed by atoms with van der Waals surface area (Å²) in [5.41, 5.74) is 0. The Labute approximate surface area is 101 Å². The molecule has 0 nitrogen and oxygen atoms in total. The van der Waals surface area contributed by atoms with Gasteiger partial charge in [0.05, 0.1) is 0 Å². The van der Waals surface area contributed by atoms with E-state index in [4.69, 9.17) is 0 Å². The monoisotopic (exact) mass is 426 g/mol. The molecule has 0 fully saturated rings. The molecule has 0 saturated heterocycles. The molecule has 0 spiro atoms. The van der Waals surface area contributed by atoms with Crippen molar-refractivity contribution < 1.29 is 102 Å². The van der Waals surface area contributed by atoms with Crippen molar-refractivity contribution in [3.8, 4) is 0 Å². The van der Waals surface area contributed by atoms with Crippen LogP contribution in [0.25, 0.3) is 0 Å². The van der Waals surface area contributed by atoms with Gasteiger partial charge in [0, 0.05) is 17.1 Å². The molecule has 2 radical (unpaired) electrons. The van der Waals surface area contributed by atoms with Crippen molar-refractivity contribution in [2.45, 2.75) is 0 Å². The molecule has 0 rings (SSSR count). The zero-order valence-electron chi connectivity index (χ0n) is 2.04. The van der Waals surface area contributed by atoms with Gasteiger partial charge in [-0.2, -0.15) is 0 Å². The van der Waals surface area contributed by atoms with Gasteiger partial charge in [0.2, 0.25) is 0 Å². The normalized spacial score (nSPS) is 0. The van der Waals surface area contributed by atoms with Crippen molar-refractivity contribution in [1.29, 1.82) is 0 Å². The minimum Gasteiger partial charge on any atom is -1.00 e. The SMILES string of the molecule is [Br-].[Br-].[Br-].[Cu+2].[Cu+].[Cu]. The largest absolute Gasteiger partial charge is 2.00 e. The summed E-state index contributed by atoms with van der Waals surface area (Å²) in [6.45, 7) is 0. The molecule has 0 aromatic rings. The van der Waals surface area contributed by atoms with E-state index in [9.17, 15) is 0 Å². The average molecular weight is 430 g/mol. The van der Waals surface area contributed by atoms with Crippen LogP contribution in [0.4, 0.5) is 0 Å². The standard InChI is InChI=1S/3BrH.3Cu/h3*1H;;;/q;;;;+1;+2/p-3. The molecule has 0 saturated carbocycles. The maximum absolute atomic E-state index is 0. The molecule has 0 aliphatic carbocycles. The molecule has 0 aromatic carbocycles. The maximum atomic E-state index is 0. The van der Waals surface area contributed by atoms with Crippen LogP contribution >= 0.6 is 0 Å². The van der Waals surface area contributed by atoms with Gasteiger partial charge in [-0.15, -0.1) is 0 Å². The van der Waals surface area contributed by atoms with Gasteiger partial charge in [-0.05, 0) is 0 Å². The Morgan fingerprint density at radius 2 is 0.667 bits per heavy atom. The molecule has 0 N–H and O–H groups in total. The van der Waals surface area contributed by atoms with Crippen LogP contribution in [0.1, 0.15) is 0 Å². The van der Waals surface area contributed by atoms with E-state index in [1.165, 1.54) is 0 Å². The van der Waals surface area contributed by atoms with Gasteiger partial charge in [-0.3, -0.25) is 0 Å². The summed E-state index contributed by atoms with van der Waals surface area (Å²) in [5.74, 6) is 0. The van der Waals surface area contributed by atoms with Crippen molar-refractivity contribution in [2.75, 3.05) is 0 Å². The third kappa shape index (κ3) is 28.0. The first kappa shape index (κ1) is 64.0. The van der Waals surface area contributed by atoms with Crippen molar-refractivity contribution in [3.05, 3.63) is 0 Å². The van der Waals surface area contributed by atoms with Crippen molar-refractivity contribution in [1.82, 2.24) is 0 Å². The fourth-order valence-corrected chi connectivity index (χ4v) is 0. The van der Waals surface area contributed by atoms with Crippen LogP contribution < -0.4 is 50.9 Å². The van der Waals surface area contributed by atoms with Crippen LogP contribution in [0, 0.1) is 0 Å². The Hall–Kier alpha value is 3.00. The fourth-order valence-electron chi connectivity index (χ4n) is 0. The summed E-state index contributed by atoms with van der Waals surface area (Å²) in [6.07, 6.45) is 0. The van der Waals surface area contributed by atoms with Gasteiger partial charge in [0.1, 0.15) is 0 Å². The first-order valence-corrected chi connectivity index (χ1v) is 0. The molecular formula is Br3Cu3. The van der Waals surface area contributed by atoms with E-state index in [2.05, 4.69) is 0 Å². The Morgan fingerprint density at radius 1 is 0.667 bits per heavy atom. The maximum Gasteiger partial charge on any atom is 2.00 e. The number of hydrogen-bond donors (Lipinski definition) is 0. The smallest absolute Gasteiger partial charge is 1.00 e. The predicted octanol–water partition coefficient (Wildman–Crippen LogP) is -9.00. The average Bonchev–Trinajstić information content (AvgIpc) is 0. The molecule has 0 atom stereocenters. The molecule has 0 bridgehead atoms. The molecule has 0 unspecified atom stereocenters. The second kappa shape index (κ2) is 43.6. The van der Waals surface area contributed by atoms with Crippen molar-refractivity contribution in [3.63, 3.8) is 0 Å². The van der Waals surface area contributed by atoms with Crippen molar-refractivity contribution in [2.24, 2.45) is 0 Å². The first-order valence-electron chi connectivity index (χ1n) is 0. The second-order valence-electron chi connectivity index (χ2n) is 0. The van der Waals surface area contributed by atoms with Crippen LogP contribution in [0.2, 0.25) is 0 Å². The zero-order chi connectivity index (χ0) is 0. The summed E-state index contributed by atoms with van der Waals surface area (Å²) in [5, 5.41) is 0. The van der Waals surface area contributed by atoms with Gasteiger partial charge in [0.15, 0.2) is 0 Å². The summed E-state index contributed by atoms with van der Waals surface area (Å²) in [7, 11) is 0. The third-order valence-electron chi connectivity index (χ3n) is 0. The van der Waals surface area contributed by atoms with E-state index in [1.807, 2.05) is 0 Å². The Balaban J connectivity index is 0. The molecule has 0 aliphatic heterocycles. The molecule has 54 valence electrons. The Morgan fingerprint density at radius 3 is 0.667 bits per heavy atom. The Bertz CT molecular complexity index is 6.00. The van der Waals surface area contributed by atoms with Gasteiger partial charge in [0.25, 0.3) is 0 Å². The molecule has 6 heteroatoms. The summed E-state index contributed by atoms with van der Waals surface area (Å²) >= 11 is 0. The zero-order valence-corrected chi connectivity index (χ0v) is 9.62. The second-order valence-corrected chi connectivity index (χ2v) is 0. The number of hydrogen-bond acceptors (Lipinski definition) is 0. The van der Waals surface area contributed by atoms with Crippen LogP contribution in [-0.4, -0.2) is 0 Å². The van der Waals surface area contributed by atoms with Gasteiger partial charge in [-0.25, -0.2) is 0 Å². The van der Waals surface area contributed by atoms with Gasteiger partial charge in [-0.1, -0.05) is 0 Å². The minimum absolute atomic E-state index is 0. The van der Waals surface area contributed by atoms with Crippen LogP contribution in [0.15, 0.2) is 0 Å². The van der Waals surface area contributed by atoms with E-state index >= 15 is 0 Å². The van der Waals surface area contributed by atoms with E-state index in [1.54, 1.807) is 0 Å². The van der Waals surface area contributed by atoms with Crippen LogP contribution in [0.5, 0.6) is 0 Å². The number of rotatable bonds is 0. The fraction of sp³-hybridized carbons (Fsp3) is 0. The molecule has 0 aromatic heterocycles. The van der Waals surface area contributed by atoms with E-state index in [0.717, 1.165) is 0 Å². The van der Waals surface area contributed by atoms with Crippen LogP contribution in [-0.2, 0) is 51.2 Å². The minimum atomic E-state index is 0. The summed E-state index contributed by atoms with van der Waals surface area (Å²) in [4.78, 5) is 0. The predicted molar refractivity (Wildman–Crippen MR) is 0 cm³/mol. The van der Waals surface area contributed by atoms with E-state index in [0.29, 0.717) is 0 Å². The summed E-state index contributed by atoms with van der Waals surface area (Å²) in [6, 6.07) is 0. The molecule has 0 aliphatic rings. The van der Waals surface area contributed by atoms with E-state index in [-0.39, 0.29) is 102 Å². The third-order valence-corrected chi connectivity index (χ3v) is 0. The van der Waals surface area contributed by atoms with Crippen LogP contribution in [0.3, 0.4) is 0 Å². The van der Waals surface area contributed by atoms with E-state index < -0.39 is 0 Å². The number of halogens is 3. The molecule has 0 amide bonds. The molecule has 6 heavy (non-hydrogen) atoms. The topological polar surface area (TPSA) is 0 Å². The first-order chi connectivity index (χ1) is 0. The molecule has 0 heterocycles. The quantitative estimate of drug-likeness (QED) is 0.335. The van der Waals surface area contributed by atoms with Gasteiger partial charge < -0.3 is 50.9 Å². The van der Waals surface area contributed by atoms with Crippen molar-refractivity contribution >= 4 is 0 Å².